The molecule has 0 fully saturated rings. The topological polar surface area (TPSA) is 85.1 Å². The fourth-order valence-electron chi connectivity index (χ4n) is 2.74. The van der Waals surface area contributed by atoms with Crippen LogP contribution in [0, 0.1) is 0 Å². The van der Waals surface area contributed by atoms with E-state index in [-0.39, 0.29) is 6.61 Å². The third-order valence-corrected chi connectivity index (χ3v) is 4.88. The van der Waals surface area contributed by atoms with Gasteiger partial charge in [0.15, 0.2) is 0 Å². The average Bonchev–Trinajstić information content (AvgIpc) is 3.30. The smallest absolute Gasteiger partial charge is 0.143 e. The summed E-state index contributed by atoms with van der Waals surface area (Å²) in [5.74, 6) is 1.55. The Balaban J connectivity index is 1.73. The number of nitrogens with one attached hydrogen (secondary N) is 1. The average molecular weight is 367 g/mol. The largest absolute Gasteiger partial charge is 0.497 e. The molecular weight excluding hydrogens is 350 g/mol. The molecule has 0 unspecified atom stereocenters. The number of benzene rings is 1. The van der Waals surface area contributed by atoms with Gasteiger partial charge >= 0.3 is 0 Å². The van der Waals surface area contributed by atoms with E-state index in [4.69, 9.17) is 9.84 Å². The molecule has 4 rings (SSSR count). The van der Waals surface area contributed by atoms with Crippen LogP contribution < -0.4 is 10.1 Å². The van der Waals surface area contributed by atoms with Crippen molar-refractivity contribution >= 4 is 33.1 Å². The van der Waals surface area contributed by atoms with E-state index in [1.807, 2.05) is 30.5 Å². The highest BCUT2D eigenvalue weighted by molar-refractivity contribution is 7.17. The predicted octanol–water partition coefficient (Wildman–Crippen LogP) is 3.30. The minimum absolute atomic E-state index is 0.0466. The van der Waals surface area contributed by atoms with Crippen LogP contribution in [-0.4, -0.2) is 38.6 Å². The second-order valence-corrected chi connectivity index (χ2v) is 6.48. The van der Waals surface area contributed by atoms with E-state index in [2.05, 4.69) is 25.8 Å². The lowest BCUT2D eigenvalue weighted by Gasteiger charge is -2.07. The molecular formula is C18H17N5O2S. The molecule has 1 aromatic carbocycles. The number of anilines is 2. The van der Waals surface area contributed by atoms with Crippen molar-refractivity contribution in [2.45, 2.75) is 6.54 Å². The van der Waals surface area contributed by atoms with Gasteiger partial charge in [0.1, 0.15) is 22.7 Å². The van der Waals surface area contributed by atoms with Crippen LogP contribution in [0.15, 0.2) is 48.4 Å². The van der Waals surface area contributed by atoms with Crippen molar-refractivity contribution in [2.24, 2.45) is 0 Å². The van der Waals surface area contributed by atoms with Crippen molar-refractivity contribution in [2.75, 3.05) is 19.0 Å². The Morgan fingerprint density at radius 2 is 2.08 bits per heavy atom. The van der Waals surface area contributed by atoms with Crippen LogP contribution in [0.3, 0.4) is 0 Å². The number of fused-ring (bicyclic) bond motifs is 1. The van der Waals surface area contributed by atoms with Crippen molar-refractivity contribution in [1.29, 1.82) is 0 Å². The predicted molar refractivity (Wildman–Crippen MR) is 102 cm³/mol. The number of aliphatic hydroxyl groups excluding tert-OH is 1. The van der Waals surface area contributed by atoms with Crippen LogP contribution in [0.25, 0.3) is 21.3 Å². The summed E-state index contributed by atoms with van der Waals surface area (Å²) in [5, 5.41) is 19.6. The third kappa shape index (κ3) is 3.12. The Morgan fingerprint density at radius 1 is 1.23 bits per heavy atom. The van der Waals surface area contributed by atoms with E-state index in [9.17, 15) is 0 Å². The lowest BCUT2D eigenvalue weighted by molar-refractivity contribution is 0.269. The maximum absolute atomic E-state index is 9.02. The first kappa shape index (κ1) is 16.5. The van der Waals surface area contributed by atoms with Gasteiger partial charge in [-0.15, -0.1) is 11.3 Å². The molecule has 0 saturated heterocycles. The molecule has 0 bridgehead atoms. The van der Waals surface area contributed by atoms with Gasteiger partial charge in [0.05, 0.1) is 37.5 Å². The Labute approximate surface area is 153 Å². The minimum Gasteiger partial charge on any atom is -0.497 e. The Morgan fingerprint density at radius 3 is 2.85 bits per heavy atom. The Hall–Kier alpha value is -2.97. The fourth-order valence-corrected chi connectivity index (χ4v) is 3.66. The maximum atomic E-state index is 9.02. The van der Waals surface area contributed by atoms with Crippen LogP contribution in [0.2, 0.25) is 0 Å². The molecule has 4 aromatic rings. The molecule has 0 aliphatic heterocycles. The van der Waals surface area contributed by atoms with Gasteiger partial charge in [-0.2, -0.15) is 5.10 Å². The molecule has 8 heteroatoms. The Kier molecular flexibility index (Phi) is 4.51. The summed E-state index contributed by atoms with van der Waals surface area (Å²) in [7, 11) is 1.65. The normalized spacial score (nSPS) is 11.0. The van der Waals surface area contributed by atoms with Gasteiger partial charge in [-0.25, -0.2) is 9.97 Å². The van der Waals surface area contributed by atoms with Crippen LogP contribution >= 0.6 is 11.3 Å². The number of aromatic nitrogens is 4. The SMILES string of the molecule is COc1ccc(-c2csc3ncnc(Nc4cnn(CCO)c4)c23)cc1. The second-order valence-electron chi connectivity index (χ2n) is 5.62. The molecule has 3 heterocycles. The lowest BCUT2D eigenvalue weighted by atomic mass is 10.1. The molecule has 0 amide bonds. The zero-order valence-electron chi connectivity index (χ0n) is 14.1. The molecule has 3 aromatic heterocycles. The van der Waals surface area contributed by atoms with Gasteiger partial charge in [0.25, 0.3) is 0 Å². The van der Waals surface area contributed by atoms with Gasteiger partial charge in [0.2, 0.25) is 0 Å². The van der Waals surface area contributed by atoms with Crippen LogP contribution in [0.5, 0.6) is 5.75 Å². The first-order chi connectivity index (χ1) is 12.8. The monoisotopic (exact) mass is 367 g/mol. The van der Waals surface area contributed by atoms with Gasteiger partial charge in [-0.3, -0.25) is 4.68 Å². The number of rotatable bonds is 6. The number of ether oxygens (including phenoxy) is 1. The summed E-state index contributed by atoms with van der Waals surface area (Å²) in [6, 6.07) is 7.93. The van der Waals surface area contributed by atoms with E-state index in [1.165, 1.54) is 0 Å². The molecule has 0 radical (unpaired) electrons. The minimum atomic E-state index is 0.0466. The third-order valence-electron chi connectivity index (χ3n) is 4.00. The first-order valence-corrected chi connectivity index (χ1v) is 8.93. The second kappa shape index (κ2) is 7.11. The molecule has 0 aliphatic rings. The molecule has 132 valence electrons. The summed E-state index contributed by atoms with van der Waals surface area (Å²) >= 11 is 1.58. The van der Waals surface area contributed by atoms with E-state index in [0.29, 0.717) is 6.54 Å². The van der Waals surface area contributed by atoms with Gasteiger partial charge < -0.3 is 15.2 Å². The molecule has 7 nitrogen and oxygen atoms in total. The van der Waals surface area contributed by atoms with Crippen molar-refractivity contribution in [3.8, 4) is 16.9 Å². The quantitative estimate of drug-likeness (QED) is 0.544. The van der Waals surface area contributed by atoms with E-state index < -0.39 is 0 Å². The zero-order valence-corrected chi connectivity index (χ0v) is 14.9. The van der Waals surface area contributed by atoms with Crippen molar-refractivity contribution in [3.05, 3.63) is 48.4 Å². The van der Waals surface area contributed by atoms with E-state index >= 15 is 0 Å². The molecule has 0 saturated carbocycles. The maximum Gasteiger partial charge on any atom is 0.143 e. The summed E-state index contributed by atoms with van der Waals surface area (Å²) in [6.07, 6.45) is 5.10. The van der Waals surface area contributed by atoms with E-state index in [1.54, 1.807) is 35.7 Å². The van der Waals surface area contributed by atoms with Crippen molar-refractivity contribution in [3.63, 3.8) is 0 Å². The molecule has 2 N–H and O–H groups in total. The molecule has 0 atom stereocenters. The summed E-state index contributed by atoms with van der Waals surface area (Å²) in [6.45, 7) is 0.501. The number of methoxy groups -OCH3 is 1. The fraction of sp³-hybridized carbons (Fsp3) is 0.167. The summed E-state index contributed by atoms with van der Waals surface area (Å²) < 4.78 is 6.92. The zero-order chi connectivity index (χ0) is 17.9. The lowest BCUT2D eigenvalue weighted by Crippen LogP contribution is -2.01. The molecule has 26 heavy (non-hydrogen) atoms. The van der Waals surface area contributed by atoms with Gasteiger partial charge in [-0.1, -0.05) is 12.1 Å². The molecule has 0 aliphatic carbocycles. The highest BCUT2D eigenvalue weighted by Gasteiger charge is 2.14. The van der Waals surface area contributed by atoms with Crippen LogP contribution in [0.1, 0.15) is 0 Å². The van der Waals surface area contributed by atoms with Crippen LogP contribution in [-0.2, 0) is 6.54 Å². The summed E-state index contributed by atoms with van der Waals surface area (Å²) in [4.78, 5) is 9.72. The highest BCUT2D eigenvalue weighted by atomic mass is 32.1. The van der Waals surface area contributed by atoms with Gasteiger partial charge in [-0.05, 0) is 17.7 Å². The Bertz CT molecular complexity index is 1030. The standard InChI is InChI=1S/C18H17N5O2S/c1-25-14-4-2-12(3-5-14)15-10-26-18-16(15)17(19-11-20-18)22-13-8-21-23(9-13)6-7-24/h2-5,8-11,24H,6-7H2,1H3,(H,19,20,22). The number of hydrogen-bond donors (Lipinski definition) is 2. The first-order valence-electron chi connectivity index (χ1n) is 8.05. The number of nitrogens with zero attached hydrogens (tertiary/aromatic N) is 4. The number of aliphatic hydroxyl groups is 1. The highest BCUT2D eigenvalue weighted by Crippen LogP contribution is 2.37. The van der Waals surface area contributed by atoms with Crippen molar-refractivity contribution in [1.82, 2.24) is 19.7 Å². The van der Waals surface area contributed by atoms with E-state index in [0.717, 1.165) is 38.6 Å². The van der Waals surface area contributed by atoms with Crippen molar-refractivity contribution < 1.29 is 9.84 Å². The molecule has 0 spiro atoms. The number of thiophene rings is 1. The number of hydrogen-bond acceptors (Lipinski definition) is 7. The van der Waals surface area contributed by atoms with Gasteiger partial charge in [0, 0.05) is 17.1 Å². The van der Waals surface area contributed by atoms with Crippen LogP contribution in [0.4, 0.5) is 11.5 Å². The summed E-state index contributed by atoms with van der Waals surface area (Å²) in [5.41, 5.74) is 2.95.